The van der Waals surface area contributed by atoms with Gasteiger partial charge in [-0.1, -0.05) is 13.8 Å². The molecule has 0 aliphatic rings. The van der Waals surface area contributed by atoms with Crippen molar-refractivity contribution in [3.8, 4) is 0 Å². The molecule has 0 spiro atoms. The van der Waals surface area contributed by atoms with Crippen LogP contribution in [-0.2, 0) is 0 Å². The minimum atomic E-state index is 0.176. The van der Waals surface area contributed by atoms with Crippen LogP contribution in [0, 0.1) is 0 Å². The third-order valence-corrected chi connectivity index (χ3v) is 1.97. The zero-order chi connectivity index (χ0) is 9.42. The molecule has 0 atom stereocenters. The Balaban J connectivity index is 2.75. The van der Waals surface area contributed by atoms with Gasteiger partial charge in [0, 0.05) is 11.6 Å². The number of rotatable bonds is 1. The van der Waals surface area contributed by atoms with Gasteiger partial charge in [0.1, 0.15) is 1.37 Å². The third kappa shape index (κ3) is 0.998. The Hall–Kier alpha value is -1.31. The van der Waals surface area contributed by atoms with Crippen LogP contribution in [0.3, 0.4) is 0 Å². The Morgan fingerprint density at radius 1 is 1.50 bits per heavy atom. The second kappa shape index (κ2) is 2.63. The van der Waals surface area contributed by atoms with E-state index in [-0.39, 0.29) is 6.24 Å². The minimum absolute atomic E-state index is 0.176. The molecule has 0 bridgehead atoms. The molecule has 0 unspecified atom stereocenters. The lowest BCUT2D eigenvalue weighted by Gasteiger charge is -2.04. The molecule has 0 saturated carbocycles. The molecular weight excluding hydrogens is 150 g/mol. The van der Waals surface area contributed by atoms with Crippen molar-refractivity contribution >= 4 is 11.1 Å². The summed E-state index contributed by atoms with van der Waals surface area (Å²) in [5.41, 5.74) is 1.75. The van der Waals surface area contributed by atoms with Crippen LogP contribution in [0.5, 0.6) is 0 Å². The van der Waals surface area contributed by atoms with Gasteiger partial charge in [0.2, 0.25) is 5.71 Å². The van der Waals surface area contributed by atoms with Crippen molar-refractivity contribution in [3.05, 3.63) is 30.1 Å². The number of pyridine rings is 1. The number of furan rings is 1. The van der Waals surface area contributed by atoms with Gasteiger partial charge in [0.15, 0.2) is 0 Å². The smallest absolute Gasteiger partial charge is 0.226 e. The van der Waals surface area contributed by atoms with Crippen molar-refractivity contribution in [2.24, 2.45) is 0 Å². The summed E-state index contributed by atoms with van der Waals surface area (Å²) in [7, 11) is 0. The molecule has 2 rings (SSSR count). The Bertz CT molecular complexity index is 433. The number of fused-ring (bicyclic) bond motifs is 1. The van der Waals surface area contributed by atoms with Crippen LogP contribution in [0.15, 0.2) is 29.0 Å². The predicted molar refractivity (Wildman–Crippen MR) is 48.1 cm³/mol. The van der Waals surface area contributed by atoms with Crippen molar-refractivity contribution in [3.63, 3.8) is 0 Å². The standard InChI is InChI=1S/C10H11NO/c1-7(2)8-3-5-11-10-9(8)4-6-12-10/h3-7H,1-2H3/i6D. The van der Waals surface area contributed by atoms with Crippen LogP contribution >= 0.6 is 0 Å². The highest BCUT2D eigenvalue weighted by Crippen LogP contribution is 2.23. The largest absolute Gasteiger partial charge is 0.446 e. The summed E-state index contributed by atoms with van der Waals surface area (Å²) in [6, 6.07) is 3.69. The average Bonchev–Trinajstić information content (AvgIpc) is 2.43. The highest BCUT2D eigenvalue weighted by molar-refractivity contribution is 5.77. The van der Waals surface area contributed by atoms with E-state index in [1.807, 2.05) is 6.07 Å². The summed E-state index contributed by atoms with van der Waals surface area (Å²) >= 11 is 0. The first-order chi connectivity index (χ1) is 6.18. The molecule has 12 heavy (non-hydrogen) atoms. The maximum atomic E-state index is 7.35. The predicted octanol–water partition coefficient (Wildman–Crippen LogP) is 2.95. The second-order valence-corrected chi connectivity index (χ2v) is 3.14. The van der Waals surface area contributed by atoms with E-state index in [1.165, 1.54) is 5.56 Å². The summed E-state index contributed by atoms with van der Waals surface area (Å²) in [6.45, 7) is 4.23. The fourth-order valence-corrected chi connectivity index (χ4v) is 1.34. The molecule has 0 amide bonds. The van der Waals surface area contributed by atoms with Crippen molar-refractivity contribution in [1.29, 1.82) is 0 Å². The monoisotopic (exact) mass is 162 g/mol. The van der Waals surface area contributed by atoms with E-state index in [9.17, 15) is 0 Å². The van der Waals surface area contributed by atoms with Crippen LogP contribution in [0.4, 0.5) is 0 Å². The van der Waals surface area contributed by atoms with Gasteiger partial charge in [0.25, 0.3) is 0 Å². The molecule has 0 aliphatic heterocycles. The number of hydrogen-bond acceptors (Lipinski definition) is 2. The Morgan fingerprint density at radius 3 is 3.08 bits per heavy atom. The Labute approximate surface area is 72.6 Å². The molecular formula is C10H11NO. The lowest BCUT2D eigenvalue weighted by Crippen LogP contribution is -1.88. The molecule has 2 heterocycles. The van der Waals surface area contributed by atoms with Crippen LogP contribution in [0.1, 0.15) is 26.7 Å². The van der Waals surface area contributed by atoms with Gasteiger partial charge in [-0.05, 0) is 23.6 Å². The zero-order valence-electron chi connectivity index (χ0n) is 8.16. The molecule has 0 saturated heterocycles. The summed E-state index contributed by atoms with van der Waals surface area (Å²) in [4.78, 5) is 4.06. The van der Waals surface area contributed by atoms with Gasteiger partial charge in [-0.25, -0.2) is 4.98 Å². The number of aromatic nitrogens is 1. The van der Waals surface area contributed by atoms with Crippen molar-refractivity contribution in [1.82, 2.24) is 4.98 Å². The minimum Gasteiger partial charge on any atom is -0.446 e. The van der Waals surface area contributed by atoms with Gasteiger partial charge in [0.05, 0.1) is 6.24 Å². The van der Waals surface area contributed by atoms with Crippen LogP contribution < -0.4 is 0 Å². The first-order valence-corrected chi connectivity index (χ1v) is 4.03. The van der Waals surface area contributed by atoms with Gasteiger partial charge >= 0.3 is 0 Å². The number of nitrogens with zero attached hydrogens (tertiary/aromatic N) is 1. The fraction of sp³-hybridized carbons (Fsp3) is 0.300. The number of hydrogen-bond donors (Lipinski definition) is 0. The van der Waals surface area contributed by atoms with Crippen LogP contribution in [-0.4, -0.2) is 4.98 Å². The zero-order valence-corrected chi connectivity index (χ0v) is 7.16. The normalized spacial score (nSPS) is 12.4. The van der Waals surface area contributed by atoms with E-state index in [1.54, 1.807) is 12.3 Å². The van der Waals surface area contributed by atoms with Crippen molar-refractivity contribution < 1.29 is 5.79 Å². The summed E-state index contributed by atoms with van der Waals surface area (Å²) < 4.78 is 12.5. The fourth-order valence-electron chi connectivity index (χ4n) is 1.34. The van der Waals surface area contributed by atoms with Crippen molar-refractivity contribution in [2.75, 3.05) is 0 Å². The molecule has 2 heteroatoms. The molecule has 0 fully saturated rings. The lowest BCUT2D eigenvalue weighted by molar-refractivity contribution is 0.603. The van der Waals surface area contributed by atoms with E-state index in [0.717, 1.165) is 5.39 Å². The average molecular weight is 162 g/mol. The molecule has 2 aromatic rings. The first kappa shape index (κ1) is 6.23. The van der Waals surface area contributed by atoms with E-state index in [0.29, 0.717) is 11.6 Å². The van der Waals surface area contributed by atoms with Crippen LogP contribution in [0.25, 0.3) is 11.1 Å². The summed E-state index contributed by atoms with van der Waals surface area (Å²) in [6.07, 6.45) is 1.90. The highest BCUT2D eigenvalue weighted by Gasteiger charge is 2.06. The quantitative estimate of drug-likeness (QED) is 0.644. The summed E-state index contributed by atoms with van der Waals surface area (Å²) in [5, 5.41) is 0.961. The highest BCUT2D eigenvalue weighted by atomic mass is 16.3. The summed E-state index contributed by atoms with van der Waals surface area (Å²) in [5.74, 6) is 0.433. The maximum Gasteiger partial charge on any atom is 0.226 e. The van der Waals surface area contributed by atoms with Gasteiger partial charge in [-0.2, -0.15) is 0 Å². The van der Waals surface area contributed by atoms with E-state index in [2.05, 4.69) is 18.8 Å². The molecule has 2 nitrogen and oxygen atoms in total. The first-order valence-electron chi connectivity index (χ1n) is 4.53. The van der Waals surface area contributed by atoms with Gasteiger partial charge in [-0.15, -0.1) is 0 Å². The molecule has 2 aromatic heterocycles. The SMILES string of the molecule is [2H]c1cc2c(C(C)C)ccnc2o1. The second-order valence-electron chi connectivity index (χ2n) is 3.14. The molecule has 0 radical (unpaired) electrons. The molecule has 0 aromatic carbocycles. The molecule has 0 N–H and O–H groups in total. The van der Waals surface area contributed by atoms with Crippen LogP contribution in [0.2, 0.25) is 0 Å². The molecule has 62 valence electrons. The van der Waals surface area contributed by atoms with E-state index < -0.39 is 0 Å². The maximum absolute atomic E-state index is 7.35. The Morgan fingerprint density at radius 2 is 2.33 bits per heavy atom. The Kier molecular flexibility index (Phi) is 1.36. The van der Waals surface area contributed by atoms with Gasteiger partial charge < -0.3 is 4.42 Å². The lowest BCUT2D eigenvalue weighted by atomic mass is 10.0. The third-order valence-electron chi connectivity index (χ3n) is 1.97. The topological polar surface area (TPSA) is 26.0 Å². The van der Waals surface area contributed by atoms with Gasteiger partial charge in [-0.3, -0.25) is 0 Å². The van der Waals surface area contributed by atoms with E-state index in [4.69, 9.17) is 5.79 Å². The van der Waals surface area contributed by atoms with Crippen molar-refractivity contribution in [2.45, 2.75) is 19.8 Å². The molecule has 0 aliphatic carbocycles. The van der Waals surface area contributed by atoms with E-state index >= 15 is 0 Å².